The average Bonchev–Trinajstić information content (AvgIpc) is 2.30. The topological polar surface area (TPSA) is 55.2 Å². The quantitative estimate of drug-likeness (QED) is 0.640. The highest BCUT2D eigenvalue weighted by molar-refractivity contribution is 5.65. The van der Waals surface area contributed by atoms with Crippen molar-refractivity contribution in [3.63, 3.8) is 0 Å². The zero-order valence-electron chi connectivity index (χ0n) is 13.7. The number of hydrogen-bond donors (Lipinski definition) is 1. The summed E-state index contributed by atoms with van der Waals surface area (Å²) < 4.78 is 0. The fourth-order valence-corrected chi connectivity index (χ4v) is 3.74. The molecule has 2 atom stereocenters. The maximum Gasteiger partial charge on any atom is 0.292 e. The highest BCUT2D eigenvalue weighted by atomic mass is 16.6. The standard InChI is InChI=1S/C17H26N2O2/c1-11-6-14(10-17(4,5)9-11)18-15-7-12(2)13(3)8-16(15)19(20)21/h7-8,11,14,18H,6,9-10H2,1-5H3. The Morgan fingerprint density at radius 3 is 2.43 bits per heavy atom. The van der Waals surface area contributed by atoms with Gasteiger partial charge in [-0.15, -0.1) is 0 Å². The van der Waals surface area contributed by atoms with Crippen LogP contribution in [0.1, 0.15) is 51.2 Å². The van der Waals surface area contributed by atoms with Crippen LogP contribution >= 0.6 is 0 Å². The molecule has 1 N–H and O–H groups in total. The molecule has 0 amide bonds. The molecule has 0 spiro atoms. The van der Waals surface area contributed by atoms with Gasteiger partial charge >= 0.3 is 0 Å². The summed E-state index contributed by atoms with van der Waals surface area (Å²) in [4.78, 5) is 11.0. The monoisotopic (exact) mass is 290 g/mol. The van der Waals surface area contributed by atoms with E-state index in [1.54, 1.807) is 6.07 Å². The molecule has 0 radical (unpaired) electrons. The highest BCUT2D eigenvalue weighted by Gasteiger charge is 2.32. The van der Waals surface area contributed by atoms with E-state index in [0.29, 0.717) is 23.1 Å². The maximum absolute atomic E-state index is 11.3. The van der Waals surface area contributed by atoms with E-state index in [2.05, 4.69) is 26.1 Å². The van der Waals surface area contributed by atoms with Crippen molar-refractivity contribution >= 4 is 11.4 Å². The van der Waals surface area contributed by atoms with Crippen LogP contribution < -0.4 is 5.32 Å². The smallest absolute Gasteiger partial charge is 0.292 e. The highest BCUT2D eigenvalue weighted by Crippen LogP contribution is 2.40. The molecule has 21 heavy (non-hydrogen) atoms. The van der Waals surface area contributed by atoms with Crippen LogP contribution in [0.3, 0.4) is 0 Å². The Labute approximate surface area is 127 Å². The Bertz CT molecular complexity index is 552. The molecule has 1 aliphatic carbocycles. The number of nitrogens with one attached hydrogen (secondary N) is 1. The second kappa shape index (κ2) is 5.66. The lowest BCUT2D eigenvalue weighted by Gasteiger charge is -2.39. The molecule has 1 saturated carbocycles. The number of nitro groups is 1. The van der Waals surface area contributed by atoms with Crippen molar-refractivity contribution in [2.24, 2.45) is 11.3 Å². The molecule has 1 aromatic rings. The van der Waals surface area contributed by atoms with Gasteiger partial charge in [0.1, 0.15) is 5.69 Å². The van der Waals surface area contributed by atoms with Gasteiger partial charge in [-0.25, -0.2) is 0 Å². The van der Waals surface area contributed by atoms with Crippen molar-refractivity contribution in [1.82, 2.24) is 0 Å². The van der Waals surface area contributed by atoms with Crippen molar-refractivity contribution < 1.29 is 4.92 Å². The van der Waals surface area contributed by atoms with Gasteiger partial charge in [0.25, 0.3) is 5.69 Å². The summed E-state index contributed by atoms with van der Waals surface area (Å²) >= 11 is 0. The number of rotatable bonds is 3. The van der Waals surface area contributed by atoms with Crippen LogP contribution in [0.25, 0.3) is 0 Å². The largest absolute Gasteiger partial charge is 0.377 e. The van der Waals surface area contributed by atoms with Crippen LogP contribution in [0, 0.1) is 35.3 Å². The van der Waals surface area contributed by atoms with Crippen LogP contribution in [-0.2, 0) is 0 Å². The normalized spacial score (nSPS) is 24.6. The first kappa shape index (κ1) is 15.8. The number of benzene rings is 1. The summed E-state index contributed by atoms with van der Waals surface area (Å²) in [5.74, 6) is 0.650. The molecule has 1 fully saturated rings. The van der Waals surface area contributed by atoms with Crippen LogP contribution in [0.2, 0.25) is 0 Å². The summed E-state index contributed by atoms with van der Waals surface area (Å²) in [6.45, 7) is 10.7. The Kier molecular flexibility index (Phi) is 4.26. The lowest BCUT2D eigenvalue weighted by Crippen LogP contribution is -2.35. The molecule has 0 aromatic heterocycles. The van der Waals surface area contributed by atoms with Gasteiger partial charge in [-0.1, -0.05) is 20.8 Å². The Balaban J connectivity index is 2.26. The number of nitro benzene ring substituents is 1. The molecular weight excluding hydrogens is 264 g/mol. The fourth-order valence-electron chi connectivity index (χ4n) is 3.74. The molecule has 0 saturated heterocycles. The summed E-state index contributed by atoms with van der Waals surface area (Å²) in [6.07, 6.45) is 3.36. The molecule has 2 rings (SSSR count). The van der Waals surface area contributed by atoms with E-state index in [4.69, 9.17) is 0 Å². The third kappa shape index (κ3) is 3.74. The fraction of sp³-hybridized carbons (Fsp3) is 0.647. The molecule has 0 aliphatic heterocycles. The average molecular weight is 290 g/mol. The number of aryl methyl sites for hydroxylation is 2. The van der Waals surface area contributed by atoms with Crippen molar-refractivity contribution in [1.29, 1.82) is 0 Å². The van der Waals surface area contributed by atoms with Crippen molar-refractivity contribution in [3.05, 3.63) is 33.4 Å². The minimum absolute atomic E-state index is 0.189. The molecule has 2 unspecified atom stereocenters. The molecule has 116 valence electrons. The molecule has 1 aromatic carbocycles. The number of hydrogen-bond acceptors (Lipinski definition) is 3. The second-order valence-corrected chi connectivity index (χ2v) is 7.47. The van der Waals surface area contributed by atoms with Crippen molar-refractivity contribution in [3.8, 4) is 0 Å². The van der Waals surface area contributed by atoms with E-state index in [1.165, 1.54) is 6.42 Å². The Morgan fingerprint density at radius 1 is 1.24 bits per heavy atom. The predicted molar refractivity (Wildman–Crippen MR) is 86.8 cm³/mol. The zero-order chi connectivity index (χ0) is 15.8. The Morgan fingerprint density at radius 2 is 1.86 bits per heavy atom. The first-order valence-electron chi connectivity index (χ1n) is 7.70. The predicted octanol–water partition coefficient (Wildman–Crippen LogP) is 4.84. The lowest BCUT2D eigenvalue weighted by molar-refractivity contribution is -0.384. The van der Waals surface area contributed by atoms with E-state index < -0.39 is 0 Å². The van der Waals surface area contributed by atoms with Gasteiger partial charge in [-0.05, 0) is 61.6 Å². The Hall–Kier alpha value is -1.58. The first-order chi connectivity index (χ1) is 9.68. The summed E-state index contributed by atoms with van der Waals surface area (Å²) in [6, 6.07) is 3.90. The lowest BCUT2D eigenvalue weighted by atomic mass is 9.70. The zero-order valence-corrected chi connectivity index (χ0v) is 13.7. The van der Waals surface area contributed by atoms with E-state index >= 15 is 0 Å². The van der Waals surface area contributed by atoms with Crippen LogP contribution in [0.5, 0.6) is 0 Å². The van der Waals surface area contributed by atoms with Gasteiger partial charge in [0.15, 0.2) is 0 Å². The van der Waals surface area contributed by atoms with Gasteiger partial charge in [-0.3, -0.25) is 10.1 Å². The summed E-state index contributed by atoms with van der Waals surface area (Å²) in [5, 5.41) is 14.7. The van der Waals surface area contributed by atoms with E-state index in [0.717, 1.165) is 24.0 Å². The summed E-state index contributed by atoms with van der Waals surface area (Å²) in [5.41, 5.74) is 3.20. The van der Waals surface area contributed by atoms with Gasteiger partial charge in [0.2, 0.25) is 0 Å². The first-order valence-corrected chi connectivity index (χ1v) is 7.70. The van der Waals surface area contributed by atoms with Crippen LogP contribution in [0.15, 0.2) is 12.1 Å². The molecule has 0 bridgehead atoms. The number of anilines is 1. The van der Waals surface area contributed by atoms with Gasteiger partial charge in [0, 0.05) is 12.1 Å². The molecule has 4 heteroatoms. The SMILES string of the molecule is Cc1cc(NC2CC(C)CC(C)(C)C2)c([N+](=O)[O-])cc1C. The van der Waals surface area contributed by atoms with Crippen LogP contribution in [-0.4, -0.2) is 11.0 Å². The maximum atomic E-state index is 11.3. The van der Waals surface area contributed by atoms with Crippen molar-refractivity contribution in [2.45, 2.75) is 59.9 Å². The second-order valence-electron chi connectivity index (χ2n) is 7.47. The van der Waals surface area contributed by atoms with Gasteiger partial charge in [0.05, 0.1) is 4.92 Å². The number of nitrogens with zero attached hydrogens (tertiary/aromatic N) is 1. The van der Waals surface area contributed by atoms with E-state index in [9.17, 15) is 10.1 Å². The molecular formula is C17H26N2O2. The molecule has 0 heterocycles. The summed E-state index contributed by atoms with van der Waals surface area (Å²) in [7, 11) is 0. The van der Waals surface area contributed by atoms with E-state index in [-0.39, 0.29) is 10.6 Å². The minimum Gasteiger partial charge on any atom is -0.377 e. The van der Waals surface area contributed by atoms with Crippen molar-refractivity contribution in [2.75, 3.05) is 5.32 Å². The third-order valence-corrected chi connectivity index (χ3v) is 4.56. The molecule has 4 nitrogen and oxygen atoms in total. The van der Waals surface area contributed by atoms with Gasteiger partial charge in [-0.2, -0.15) is 0 Å². The van der Waals surface area contributed by atoms with E-state index in [1.807, 2.05) is 19.9 Å². The third-order valence-electron chi connectivity index (χ3n) is 4.56. The van der Waals surface area contributed by atoms with Crippen LogP contribution in [0.4, 0.5) is 11.4 Å². The molecule has 1 aliphatic rings. The van der Waals surface area contributed by atoms with Gasteiger partial charge < -0.3 is 5.32 Å². The minimum atomic E-state index is -0.286.